The highest BCUT2D eigenvalue weighted by atomic mass is 14.6. The number of aryl methyl sites for hydroxylation is 1. The van der Waals surface area contributed by atoms with E-state index in [0.29, 0.717) is 0 Å². The summed E-state index contributed by atoms with van der Waals surface area (Å²) in [4.78, 5) is 0. The first-order valence-electron chi connectivity index (χ1n) is 14.2. The second kappa shape index (κ2) is 7.36. The van der Waals surface area contributed by atoms with Gasteiger partial charge in [0.05, 0.1) is 10.8 Å². The Morgan fingerprint density at radius 1 is 0.487 bits per heavy atom. The molecule has 0 bridgehead atoms. The normalized spacial score (nSPS) is 20.3. The van der Waals surface area contributed by atoms with Gasteiger partial charge in [0, 0.05) is 0 Å². The molecule has 0 radical (unpaired) electrons. The van der Waals surface area contributed by atoms with Crippen molar-refractivity contribution in [2.24, 2.45) is 0 Å². The largest absolute Gasteiger partial charge is 0.0836 e. The van der Waals surface area contributed by atoms with E-state index in [1.54, 1.807) is 5.57 Å². The molecule has 39 heavy (non-hydrogen) atoms. The van der Waals surface area contributed by atoms with E-state index in [4.69, 9.17) is 0 Å². The van der Waals surface area contributed by atoms with Crippen molar-refractivity contribution in [3.05, 3.63) is 183 Å². The van der Waals surface area contributed by atoms with Gasteiger partial charge in [-0.2, -0.15) is 0 Å². The topological polar surface area (TPSA) is 0 Å². The van der Waals surface area contributed by atoms with E-state index in [1.165, 1.54) is 66.8 Å². The molecule has 1 atom stereocenters. The van der Waals surface area contributed by atoms with Crippen molar-refractivity contribution >= 4 is 5.57 Å². The molecule has 0 heteroatoms. The van der Waals surface area contributed by atoms with Crippen LogP contribution < -0.4 is 0 Å². The zero-order valence-corrected chi connectivity index (χ0v) is 22.0. The van der Waals surface area contributed by atoms with Gasteiger partial charge in [0.1, 0.15) is 0 Å². The smallest absolute Gasteiger partial charge is 0.0720 e. The van der Waals surface area contributed by atoms with Crippen molar-refractivity contribution in [1.29, 1.82) is 0 Å². The number of hydrogen-bond acceptors (Lipinski definition) is 0. The lowest BCUT2D eigenvalue weighted by Gasteiger charge is -2.50. The van der Waals surface area contributed by atoms with Gasteiger partial charge in [0.25, 0.3) is 0 Å². The second-order valence-electron chi connectivity index (χ2n) is 11.5. The van der Waals surface area contributed by atoms with E-state index in [0.717, 1.165) is 12.8 Å². The van der Waals surface area contributed by atoms with Crippen LogP contribution >= 0.6 is 0 Å². The summed E-state index contributed by atoms with van der Waals surface area (Å²) in [5, 5.41) is 0. The molecule has 0 saturated heterocycles. The van der Waals surface area contributed by atoms with Gasteiger partial charge in [-0.25, -0.2) is 0 Å². The molecule has 2 spiro atoms. The first kappa shape index (κ1) is 21.5. The highest BCUT2D eigenvalue weighted by molar-refractivity contribution is 5.95. The van der Waals surface area contributed by atoms with Crippen molar-refractivity contribution in [3.8, 4) is 11.1 Å². The Bertz CT molecular complexity index is 1880. The summed E-state index contributed by atoms with van der Waals surface area (Å²) < 4.78 is 0. The Morgan fingerprint density at radius 2 is 1.00 bits per heavy atom. The van der Waals surface area contributed by atoms with Gasteiger partial charge in [0.15, 0.2) is 0 Å². The summed E-state index contributed by atoms with van der Waals surface area (Å²) in [5.74, 6) is 0. The molecular weight excluding hydrogens is 468 g/mol. The third-order valence-corrected chi connectivity index (χ3v) is 9.98. The molecule has 184 valence electrons. The number of fused-ring (bicyclic) bond motifs is 15. The quantitative estimate of drug-likeness (QED) is 0.197. The van der Waals surface area contributed by atoms with Crippen molar-refractivity contribution in [2.75, 3.05) is 0 Å². The fourth-order valence-electron chi connectivity index (χ4n) is 8.82. The lowest BCUT2D eigenvalue weighted by Crippen LogP contribution is -2.45. The van der Waals surface area contributed by atoms with Gasteiger partial charge in [-0.05, 0) is 92.1 Å². The second-order valence-corrected chi connectivity index (χ2v) is 11.5. The first-order chi connectivity index (χ1) is 19.3. The average Bonchev–Trinajstić information content (AvgIpc) is 3.46. The van der Waals surface area contributed by atoms with Crippen LogP contribution in [0.5, 0.6) is 0 Å². The molecule has 9 rings (SSSR count). The summed E-state index contributed by atoms with van der Waals surface area (Å²) in [6, 6.07) is 43.9. The SMILES string of the molecule is Cc1cccc2c1C1(C3=C(C=CCC3)c3ccccc31)c1ccccc1C21c2ccccc2-c2ccccc21. The molecule has 0 aromatic heterocycles. The highest BCUT2D eigenvalue weighted by Gasteiger charge is 2.59. The monoisotopic (exact) mass is 496 g/mol. The summed E-state index contributed by atoms with van der Waals surface area (Å²) in [7, 11) is 0. The van der Waals surface area contributed by atoms with Crippen LogP contribution in [0.4, 0.5) is 0 Å². The average molecular weight is 497 g/mol. The molecule has 5 aromatic rings. The molecule has 4 aliphatic rings. The minimum Gasteiger partial charge on any atom is -0.0836 e. The fraction of sp³-hybridized carbons (Fsp3) is 0.128. The zero-order chi connectivity index (χ0) is 25.8. The van der Waals surface area contributed by atoms with Crippen LogP contribution in [0.15, 0.2) is 133 Å². The minimum absolute atomic E-state index is 0.286. The molecule has 0 aliphatic heterocycles. The molecule has 5 aromatic carbocycles. The summed E-state index contributed by atoms with van der Waals surface area (Å²) in [6.45, 7) is 2.34. The third kappa shape index (κ3) is 2.30. The maximum atomic E-state index is 2.45. The molecule has 0 heterocycles. The molecule has 0 fully saturated rings. The van der Waals surface area contributed by atoms with Crippen LogP contribution in [0.1, 0.15) is 62.9 Å². The summed E-state index contributed by atoms with van der Waals surface area (Å²) in [5.41, 5.74) is 17.9. The Kier molecular flexibility index (Phi) is 4.06. The van der Waals surface area contributed by atoms with E-state index in [9.17, 15) is 0 Å². The van der Waals surface area contributed by atoms with E-state index in [2.05, 4.69) is 134 Å². The van der Waals surface area contributed by atoms with Crippen LogP contribution in [0.3, 0.4) is 0 Å². The van der Waals surface area contributed by atoms with E-state index in [1.807, 2.05) is 0 Å². The van der Waals surface area contributed by atoms with Crippen molar-refractivity contribution in [3.63, 3.8) is 0 Å². The van der Waals surface area contributed by atoms with Gasteiger partial charge in [0.2, 0.25) is 0 Å². The third-order valence-electron chi connectivity index (χ3n) is 9.98. The van der Waals surface area contributed by atoms with E-state index < -0.39 is 0 Å². The molecule has 0 amide bonds. The van der Waals surface area contributed by atoms with E-state index in [-0.39, 0.29) is 10.8 Å². The van der Waals surface area contributed by atoms with Crippen LogP contribution in [0.2, 0.25) is 0 Å². The van der Waals surface area contributed by atoms with Gasteiger partial charge in [-0.1, -0.05) is 127 Å². The fourth-order valence-corrected chi connectivity index (χ4v) is 8.82. The molecule has 0 saturated carbocycles. The Hall–Kier alpha value is -4.42. The highest BCUT2D eigenvalue weighted by Crippen LogP contribution is 2.68. The molecular formula is C39H28. The Balaban J connectivity index is 1.54. The predicted molar refractivity (Wildman–Crippen MR) is 160 cm³/mol. The van der Waals surface area contributed by atoms with Gasteiger partial charge in [-0.15, -0.1) is 0 Å². The Labute approximate surface area is 230 Å². The number of hydrogen-bond donors (Lipinski definition) is 0. The van der Waals surface area contributed by atoms with Crippen LogP contribution in [0.25, 0.3) is 16.7 Å². The maximum Gasteiger partial charge on any atom is 0.0720 e. The number of allylic oxidation sites excluding steroid dienone is 4. The first-order valence-corrected chi connectivity index (χ1v) is 14.2. The molecule has 4 aliphatic carbocycles. The van der Waals surface area contributed by atoms with Crippen LogP contribution in [-0.2, 0) is 10.8 Å². The minimum atomic E-state index is -0.348. The standard InChI is InChI=1S/C39H28/c1-25-13-12-24-36-37(25)39(32-20-8-4-16-28(32)29-17-5-9-21-33(29)39)35-23-11-10-22-34(35)38(36)30-18-6-2-14-26(30)27-15-3-7-19-31(27)38/h2-8,10-20,22-24H,9,21H2,1H3. The van der Waals surface area contributed by atoms with E-state index >= 15 is 0 Å². The summed E-state index contributed by atoms with van der Waals surface area (Å²) in [6.07, 6.45) is 6.95. The molecule has 0 nitrogen and oxygen atoms in total. The number of benzene rings is 5. The zero-order valence-electron chi connectivity index (χ0n) is 22.0. The van der Waals surface area contributed by atoms with Gasteiger partial charge in [-0.3, -0.25) is 0 Å². The predicted octanol–water partition coefficient (Wildman–Crippen LogP) is 9.12. The van der Waals surface area contributed by atoms with Gasteiger partial charge < -0.3 is 0 Å². The summed E-state index contributed by atoms with van der Waals surface area (Å²) >= 11 is 0. The van der Waals surface area contributed by atoms with Crippen molar-refractivity contribution in [2.45, 2.75) is 30.6 Å². The number of rotatable bonds is 0. The lowest BCUT2D eigenvalue weighted by molar-refractivity contribution is 0.602. The van der Waals surface area contributed by atoms with Crippen molar-refractivity contribution in [1.82, 2.24) is 0 Å². The van der Waals surface area contributed by atoms with Crippen molar-refractivity contribution < 1.29 is 0 Å². The molecule has 0 N–H and O–H groups in total. The van der Waals surface area contributed by atoms with Crippen LogP contribution in [0, 0.1) is 6.92 Å². The van der Waals surface area contributed by atoms with Gasteiger partial charge >= 0.3 is 0 Å². The molecule has 1 unspecified atom stereocenters. The maximum absolute atomic E-state index is 2.45. The Morgan fingerprint density at radius 3 is 1.67 bits per heavy atom. The van der Waals surface area contributed by atoms with Crippen LogP contribution in [-0.4, -0.2) is 0 Å². The lowest BCUT2D eigenvalue weighted by atomic mass is 9.51.